The summed E-state index contributed by atoms with van der Waals surface area (Å²) in [5.74, 6) is 0.169. The van der Waals surface area contributed by atoms with Crippen molar-refractivity contribution >= 4 is 11.6 Å². The van der Waals surface area contributed by atoms with Crippen molar-refractivity contribution < 1.29 is 13.9 Å². The maximum atomic E-state index is 13.0. The fraction of sp³-hybridized carbons (Fsp3) is 0.529. The highest BCUT2D eigenvalue weighted by Gasteiger charge is 2.29. The second kappa shape index (κ2) is 6.90. The lowest BCUT2D eigenvalue weighted by atomic mass is 9.72. The third kappa shape index (κ3) is 5.13. The Morgan fingerprint density at radius 2 is 2.27 bits per heavy atom. The molecule has 1 aliphatic rings. The van der Waals surface area contributed by atoms with Crippen LogP contribution in [-0.2, 0) is 4.79 Å². The zero-order valence-electron chi connectivity index (χ0n) is 13.4. The number of hydrogen-bond donors (Lipinski definition) is 1. The zero-order chi connectivity index (χ0) is 16.2. The van der Waals surface area contributed by atoms with Crippen molar-refractivity contribution in [2.75, 3.05) is 6.61 Å². The Morgan fingerprint density at radius 1 is 1.50 bits per heavy atom. The molecule has 1 aliphatic carbocycles. The minimum Gasteiger partial charge on any atom is -0.484 e. The predicted octanol–water partition coefficient (Wildman–Crippen LogP) is 3.52. The standard InChI is InChI=1S/C17H23FN2O2/c1-12-7-14(10-17(2,3)9-12)19-20-16(21)11-22-15-6-4-5-13(18)8-15/h4-6,8,12H,7,9-11H2,1-3H3,(H,20,21). The fourth-order valence-corrected chi connectivity index (χ4v) is 3.08. The smallest absolute Gasteiger partial charge is 0.277 e. The van der Waals surface area contributed by atoms with E-state index in [1.165, 1.54) is 24.6 Å². The molecule has 1 aromatic carbocycles. The van der Waals surface area contributed by atoms with Crippen molar-refractivity contribution in [3.05, 3.63) is 30.1 Å². The van der Waals surface area contributed by atoms with E-state index in [4.69, 9.17) is 4.74 Å². The summed E-state index contributed by atoms with van der Waals surface area (Å²) in [6.45, 7) is 6.45. The molecule has 5 heteroatoms. The summed E-state index contributed by atoms with van der Waals surface area (Å²) in [6, 6.07) is 5.71. The maximum Gasteiger partial charge on any atom is 0.277 e. The molecule has 0 radical (unpaired) electrons. The van der Waals surface area contributed by atoms with E-state index < -0.39 is 5.82 Å². The van der Waals surface area contributed by atoms with E-state index in [0.29, 0.717) is 11.7 Å². The first-order chi connectivity index (χ1) is 10.3. The molecular formula is C17H23FN2O2. The Hall–Kier alpha value is -1.91. The van der Waals surface area contributed by atoms with Gasteiger partial charge in [-0.15, -0.1) is 0 Å². The molecule has 1 fully saturated rings. The van der Waals surface area contributed by atoms with Crippen LogP contribution in [0.25, 0.3) is 0 Å². The van der Waals surface area contributed by atoms with Gasteiger partial charge in [-0.25, -0.2) is 9.82 Å². The minimum absolute atomic E-state index is 0.181. The number of amides is 1. The molecule has 0 bridgehead atoms. The summed E-state index contributed by atoms with van der Waals surface area (Å²) in [7, 11) is 0. The number of benzene rings is 1. The number of hydrazone groups is 1. The molecule has 0 aliphatic heterocycles. The Kier molecular flexibility index (Phi) is 5.16. The summed E-state index contributed by atoms with van der Waals surface area (Å²) in [6.07, 6.45) is 2.97. The van der Waals surface area contributed by atoms with Crippen LogP contribution in [0.2, 0.25) is 0 Å². The van der Waals surface area contributed by atoms with Crippen molar-refractivity contribution in [1.29, 1.82) is 0 Å². The van der Waals surface area contributed by atoms with Crippen molar-refractivity contribution in [1.82, 2.24) is 5.43 Å². The molecule has 0 saturated heterocycles. The monoisotopic (exact) mass is 306 g/mol. The van der Waals surface area contributed by atoms with Crippen LogP contribution in [0.5, 0.6) is 5.75 Å². The van der Waals surface area contributed by atoms with Gasteiger partial charge in [0, 0.05) is 11.8 Å². The van der Waals surface area contributed by atoms with Crippen LogP contribution in [-0.4, -0.2) is 18.2 Å². The number of halogens is 1. The number of nitrogens with zero attached hydrogens (tertiary/aromatic N) is 1. The van der Waals surface area contributed by atoms with Gasteiger partial charge >= 0.3 is 0 Å². The van der Waals surface area contributed by atoms with Crippen LogP contribution in [0.3, 0.4) is 0 Å². The Labute approximate surface area is 130 Å². The quantitative estimate of drug-likeness (QED) is 0.865. The van der Waals surface area contributed by atoms with Crippen molar-refractivity contribution in [3.8, 4) is 5.75 Å². The highest BCUT2D eigenvalue weighted by Crippen LogP contribution is 2.36. The summed E-state index contributed by atoms with van der Waals surface area (Å²) in [5.41, 5.74) is 3.76. The van der Waals surface area contributed by atoms with E-state index in [0.717, 1.165) is 18.6 Å². The van der Waals surface area contributed by atoms with E-state index >= 15 is 0 Å². The van der Waals surface area contributed by atoms with E-state index in [9.17, 15) is 9.18 Å². The molecule has 0 heterocycles. The summed E-state index contributed by atoms with van der Waals surface area (Å²) in [4.78, 5) is 11.7. The van der Waals surface area contributed by atoms with Crippen molar-refractivity contribution in [3.63, 3.8) is 0 Å². The molecule has 1 atom stereocenters. The van der Waals surface area contributed by atoms with Gasteiger partial charge in [0.2, 0.25) is 0 Å². The normalized spacial score (nSPS) is 22.4. The molecule has 1 saturated carbocycles. The van der Waals surface area contributed by atoms with Gasteiger partial charge in [0.05, 0.1) is 0 Å². The molecular weight excluding hydrogens is 283 g/mol. The Morgan fingerprint density at radius 3 is 2.95 bits per heavy atom. The third-order valence-corrected chi connectivity index (χ3v) is 3.67. The van der Waals surface area contributed by atoms with E-state index in [1.54, 1.807) is 6.07 Å². The van der Waals surface area contributed by atoms with Crippen LogP contribution in [0.1, 0.15) is 40.0 Å². The molecule has 120 valence electrons. The molecule has 2 rings (SSSR count). The zero-order valence-corrected chi connectivity index (χ0v) is 13.4. The average molecular weight is 306 g/mol. The van der Waals surface area contributed by atoms with Gasteiger partial charge in [-0.1, -0.05) is 26.8 Å². The second-order valence-electron chi connectivity index (χ2n) is 6.81. The number of hydrogen-bond acceptors (Lipinski definition) is 3. The Bertz CT molecular complexity index is 570. The first kappa shape index (κ1) is 16.5. The molecule has 4 nitrogen and oxygen atoms in total. The molecule has 0 aromatic heterocycles. The second-order valence-corrected chi connectivity index (χ2v) is 6.81. The molecule has 22 heavy (non-hydrogen) atoms. The van der Waals surface area contributed by atoms with Gasteiger partial charge in [-0.05, 0) is 42.7 Å². The van der Waals surface area contributed by atoms with Crippen LogP contribution in [0.15, 0.2) is 29.4 Å². The molecule has 1 unspecified atom stereocenters. The van der Waals surface area contributed by atoms with Crippen molar-refractivity contribution in [2.45, 2.75) is 40.0 Å². The first-order valence-corrected chi connectivity index (χ1v) is 7.57. The topological polar surface area (TPSA) is 50.7 Å². The minimum atomic E-state index is -0.392. The first-order valence-electron chi connectivity index (χ1n) is 7.57. The highest BCUT2D eigenvalue weighted by atomic mass is 19.1. The van der Waals surface area contributed by atoms with Gasteiger partial charge in [0.1, 0.15) is 11.6 Å². The number of carbonyl (C=O) groups is 1. The summed E-state index contributed by atoms with van der Waals surface area (Å²) >= 11 is 0. The number of nitrogens with one attached hydrogen (secondary N) is 1. The summed E-state index contributed by atoms with van der Waals surface area (Å²) < 4.78 is 18.2. The van der Waals surface area contributed by atoms with Crippen LogP contribution < -0.4 is 10.2 Å². The van der Waals surface area contributed by atoms with Crippen LogP contribution in [0.4, 0.5) is 4.39 Å². The molecule has 1 N–H and O–H groups in total. The lowest BCUT2D eigenvalue weighted by Gasteiger charge is -2.34. The van der Waals surface area contributed by atoms with E-state index in [-0.39, 0.29) is 17.9 Å². The van der Waals surface area contributed by atoms with Gasteiger partial charge < -0.3 is 4.74 Å². The maximum absolute atomic E-state index is 13.0. The SMILES string of the molecule is CC1CC(=NNC(=O)COc2cccc(F)c2)CC(C)(C)C1. The van der Waals surface area contributed by atoms with E-state index in [2.05, 4.69) is 31.3 Å². The van der Waals surface area contributed by atoms with Gasteiger partial charge in [0.15, 0.2) is 6.61 Å². The lowest BCUT2D eigenvalue weighted by Crippen LogP contribution is -2.31. The average Bonchev–Trinajstić information content (AvgIpc) is 2.41. The van der Waals surface area contributed by atoms with Gasteiger partial charge in [-0.3, -0.25) is 4.79 Å². The lowest BCUT2D eigenvalue weighted by molar-refractivity contribution is -0.123. The van der Waals surface area contributed by atoms with Crippen LogP contribution in [0, 0.1) is 17.2 Å². The van der Waals surface area contributed by atoms with Gasteiger partial charge in [0.25, 0.3) is 5.91 Å². The fourth-order valence-electron chi connectivity index (χ4n) is 3.08. The van der Waals surface area contributed by atoms with Crippen molar-refractivity contribution in [2.24, 2.45) is 16.4 Å². The molecule has 0 spiro atoms. The Balaban J connectivity index is 1.83. The predicted molar refractivity (Wildman–Crippen MR) is 84.3 cm³/mol. The third-order valence-electron chi connectivity index (χ3n) is 3.67. The van der Waals surface area contributed by atoms with Crippen LogP contribution >= 0.6 is 0 Å². The number of rotatable bonds is 4. The largest absolute Gasteiger partial charge is 0.484 e. The highest BCUT2D eigenvalue weighted by molar-refractivity contribution is 5.87. The molecule has 1 amide bonds. The summed E-state index contributed by atoms with van der Waals surface area (Å²) in [5, 5.41) is 4.22. The van der Waals surface area contributed by atoms with Gasteiger partial charge in [-0.2, -0.15) is 5.10 Å². The molecule has 1 aromatic rings. The van der Waals surface area contributed by atoms with E-state index in [1.807, 2.05) is 0 Å². The number of ether oxygens (including phenoxy) is 1. The number of carbonyl (C=O) groups excluding carboxylic acids is 1.